The van der Waals surface area contributed by atoms with Crippen molar-refractivity contribution in [3.8, 4) is 0 Å². The van der Waals surface area contributed by atoms with Crippen molar-refractivity contribution in [2.24, 2.45) is 5.92 Å². The van der Waals surface area contributed by atoms with Crippen LogP contribution in [0, 0.1) is 5.92 Å². The van der Waals surface area contributed by atoms with E-state index in [1.165, 1.54) is 0 Å². The molecule has 0 spiro atoms. The Morgan fingerprint density at radius 1 is 1.62 bits per heavy atom. The first kappa shape index (κ1) is 10.2. The molecule has 1 aromatic rings. The molecule has 0 fully saturated rings. The number of allylic oxidation sites excluding steroid dienone is 1. The minimum atomic E-state index is 0.211. The summed E-state index contributed by atoms with van der Waals surface area (Å²) in [5.41, 5.74) is 0. The molecule has 0 aliphatic rings. The lowest BCUT2D eigenvalue weighted by atomic mass is 10.1. The average Bonchev–Trinajstić information content (AvgIpc) is 2.51. The SMILES string of the molecule is CC(C)CC(=O)/C=C/c1cccs1. The smallest absolute Gasteiger partial charge is 0.155 e. The van der Waals surface area contributed by atoms with Crippen LogP contribution in [0.1, 0.15) is 25.1 Å². The number of rotatable bonds is 4. The van der Waals surface area contributed by atoms with Crippen molar-refractivity contribution < 1.29 is 4.79 Å². The van der Waals surface area contributed by atoms with E-state index in [1.807, 2.05) is 23.6 Å². The highest BCUT2D eigenvalue weighted by Crippen LogP contribution is 2.11. The zero-order valence-corrected chi connectivity index (χ0v) is 8.80. The molecule has 1 heterocycles. The first-order chi connectivity index (χ1) is 6.18. The first-order valence-electron chi connectivity index (χ1n) is 4.43. The minimum Gasteiger partial charge on any atom is -0.295 e. The van der Waals surface area contributed by atoms with Crippen molar-refractivity contribution in [1.29, 1.82) is 0 Å². The summed E-state index contributed by atoms with van der Waals surface area (Å²) >= 11 is 1.64. The third-order valence-electron chi connectivity index (χ3n) is 1.59. The maximum atomic E-state index is 11.3. The van der Waals surface area contributed by atoms with Crippen LogP contribution in [0.5, 0.6) is 0 Å². The van der Waals surface area contributed by atoms with Crippen LogP contribution in [-0.2, 0) is 4.79 Å². The van der Waals surface area contributed by atoms with Gasteiger partial charge in [0.2, 0.25) is 0 Å². The molecular formula is C11H14OS. The predicted molar refractivity (Wildman–Crippen MR) is 57.8 cm³/mol. The summed E-state index contributed by atoms with van der Waals surface area (Å²) in [6.45, 7) is 4.10. The van der Waals surface area contributed by atoms with E-state index in [-0.39, 0.29) is 5.78 Å². The molecule has 0 saturated carbocycles. The third-order valence-corrected chi connectivity index (χ3v) is 2.42. The molecule has 0 bridgehead atoms. The van der Waals surface area contributed by atoms with Crippen molar-refractivity contribution in [3.05, 3.63) is 28.5 Å². The standard InChI is InChI=1S/C11H14OS/c1-9(2)8-10(12)5-6-11-4-3-7-13-11/h3-7,9H,8H2,1-2H3/b6-5+. The quantitative estimate of drug-likeness (QED) is 0.671. The second-order valence-corrected chi connectivity index (χ2v) is 4.39. The summed E-state index contributed by atoms with van der Waals surface area (Å²) in [6.07, 6.45) is 4.20. The number of ketones is 1. The van der Waals surface area contributed by atoms with Gasteiger partial charge in [0, 0.05) is 11.3 Å². The van der Waals surface area contributed by atoms with E-state index in [0.29, 0.717) is 12.3 Å². The summed E-state index contributed by atoms with van der Waals surface area (Å²) in [4.78, 5) is 12.4. The van der Waals surface area contributed by atoms with E-state index in [2.05, 4.69) is 13.8 Å². The molecule has 0 atom stereocenters. The van der Waals surface area contributed by atoms with E-state index >= 15 is 0 Å². The Bertz CT molecular complexity index is 283. The lowest BCUT2D eigenvalue weighted by Crippen LogP contribution is -1.97. The van der Waals surface area contributed by atoms with Crippen LogP contribution in [0.3, 0.4) is 0 Å². The van der Waals surface area contributed by atoms with Gasteiger partial charge >= 0.3 is 0 Å². The van der Waals surface area contributed by atoms with Gasteiger partial charge in [0.25, 0.3) is 0 Å². The Balaban J connectivity index is 2.44. The fourth-order valence-corrected chi connectivity index (χ4v) is 1.65. The lowest BCUT2D eigenvalue weighted by Gasteiger charge is -1.97. The molecule has 70 valence electrons. The third kappa shape index (κ3) is 4.04. The van der Waals surface area contributed by atoms with Gasteiger partial charge in [-0.3, -0.25) is 4.79 Å². The summed E-state index contributed by atoms with van der Waals surface area (Å²) in [5.74, 6) is 0.656. The maximum Gasteiger partial charge on any atom is 0.155 e. The fourth-order valence-electron chi connectivity index (χ4n) is 1.03. The van der Waals surface area contributed by atoms with Gasteiger partial charge in [-0.2, -0.15) is 0 Å². The Kier molecular flexibility index (Phi) is 3.90. The van der Waals surface area contributed by atoms with Crippen molar-refractivity contribution in [3.63, 3.8) is 0 Å². The predicted octanol–water partition coefficient (Wildman–Crippen LogP) is 3.38. The molecule has 0 aliphatic heterocycles. The molecule has 0 amide bonds. The maximum absolute atomic E-state index is 11.3. The van der Waals surface area contributed by atoms with Crippen LogP contribution >= 0.6 is 11.3 Å². The van der Waals surface area contributed by atoms with Gasteiger partial charge in [0.15, 0.2) is 5.78 Å². The number of thiophene rings is 1. The Morgan fingerprint density at radius 3 is 2.92 bits per heavy atom. The summed E-state index contributed by atoms with van der Waals surface area (Å²) in [5, 5.41) is 2.01. The molecule has 1 rings (SSSR count). The van der Waals surface area contributed by atoms with Crippen molar-refractivity contribution in [1.82, 2.24) is 0 Å². The van der Waals surface area contributed by atoms with Gasteiger partial charge in [-0.1, -0.05) is 19.9 Å². The Labute approximate surface area is 83.1 Å². The number of carbonyl (C=O) groups excluding carboxylic acids is 1. The number of hydrogen-bond acceptors (Lipinski definition) is 2. The molecule has 0 unspecified atom stereocenters. The second kappa shape index (κ2) is 4.97. The van der Waals surface area contributed by atoms with Gasteiger partial charge < -0.3 is 0 Å². The van der Waals surface area contributed by atoms with Crippen molar-refractivity contribution in [2.75, 3.05) is 0 Å². The molecule has 2 heteroatoms. The van der Waals surface area contributed by atoms with Crippen LogP contribution in [-0.4, -0.2) is 5.78 Å². The molecule has 0 saturated heterocycles. The Hall–Kier alpha value is -0.890. The summed E-state index contributed by atoms with van der Waals surface area (Å²) in [6, 6.07) is 3.99. The zero-order chi connectivity index (χ0) is 9.68. The van der Waals surface area contributed by atoms with Gasteiger partial charge in [0.05, 0.1) is 0 Å². The highest BCUT2D eigenvalue weighted by Gasteiger charge is 2.00. The largest absolute Gasteiger partial charge is 0.295 e. The highest BCUT2D eigenvalue weighted by atomic mass is 32.1. The lowest BCUT2D eigenvalue weighted by molar-refractivity contribution is -0.115. The summed E-state index contributed by atoms with van der Waals surface area (Å²) < 4.78 is 0. The minimum absolute atomic E-state index is 0.211. The van der Waals surface area contributed by atoms with Gasteiger partial charge in [-0.15, -0.1) is 11.3 Å². The van der Waals surface area contributed by atoms with Crippen molar-refractivity contribution >= 4 is 23.2 Å². The van der Waals surface area contributed by atoms with Gasteiger partial charge in [0.1, 0.15) is 0 Å². The molecule has 0 aromatic carbocycles. The first-order valence-corrected chi connectivity index (χ1v) is 5.31. The molecule has 1 aromatic heterocycles. The van der Waals surface area contributed by atoms with E-state index in [9.17, 15) is 4.79 Å². The molecule has 0 N–H and O–H groups in total. The normalized spacial score (nSPS) is 11.3. The molecule has 1 nitrogen and oxygen atoms in total. The van der Waals surface area contributed by atoms with E-state index in [4.69, 9.17) is 0 Å². The number of carbonyl (C=O) groups is 1. The molecular weight excluding hydrogens is 180 g/mol. The zero-order valence-electron chi connectivity index (χ0n) is 7.99. The van der Waals surface area contributed by atoms with Crippen LogP contribution in [0.25, 0.3) is 6.08 Å². The van der Waals surface area contributed by atoms with Crippen LogP contribution in [0.15, 0.2) is 23.6 Å². The van der Waals surface area contributed by atoms with Crippen LogP contribution in [0.2, 0.25) is 0 Å². The van der Waals surface area contributed by atoms with Gasteiger partial charge in [-0.05, 0) is 29.5 Å². The van der Waals surface area contributed by atoms with E-state index in [1.54, 1.807) is 17.4 Å². The monoisotopic (exact) mass is 194 g/mol. The molecule has 13 heavy (non-hydrogen) atoms. The van der Waals surface area contributed by atoms with Crippen LogP contribution in [0.4, 0.5) is 0 Å². The highest BCUT2D eigenvalue weighted by molar-refractivity contribution is 7.10. The molecule has 0 radical (unpaired) electrons. The topological polar surface area (TPSA) is 17.1 Å². The van der Waals surface area contributed by atoms with Crippen molar-refractivity contribution in [2.45, 2.75) is 20.3 Å². The Morgan fingerprint density at radius 2 is 2.38 bits per heavy atom. The average molecular weight is 194 g/mol. The second-order valence-electron chi connectivity index (χ2n) is 3.41. The number of hydrogen-bond donors (Lipinski definition) is 0. The van der Waals surface area contributed by atoms with Crippen LogP contribution < -0.4 is 0 Å². The summed E-state index contributed by atoms with van der Waals surface area (Å²) in [7, 11) is 0. The van der Waals surface area contributed by atoms with E-state index in [0.717, 1.165) is 4.88 Å². The van der Waals surface area contributed by atoms with Gasteiger partial charge in [-0.25, -0.2) is 0 Å². The van der Waals surface area contributed by atoms with E-state index < -0.39 is 0 Å². The molecule has 0 aliphatic carbocycles. The fraction of sp³-hybridized carbons (Fsp3) is 0.364.